The van der Waals surface area contributed by atoms with Crippen molar-refractivity contribution in [2.24, 2.45) is 23.0 Å². The number of ether oxygens (including phenoxy) is 3. The van der Waals surface area contributed by atoms with Gasteiger partial charge in [0.25, 0.3) is 5.56 Å². The van der Waals surface area contributed by atoms with Gasteiger partial charge in [0, 0.05) is 12.7 Å². The zero-order chi connectivity index (χ0) is 27.3. The molecule has 2 aromatic rings. The first-order chi connectivity index (χ1) is 17.7. The summed E-state index contributed by atoms with van der Waals surface area (Å²) in [6, 6.07) is 4.21. The summed E-state index contributed by atoms with van der Waals surface area (Å²) in [7, 11) is 5.10. The van der Waals surface area contributed by atoms with E-state index in [-0.39, 0.29) is 11.6 Å². The molecule has 1 aromatic heterocycles. The first-order valence-corrected chi connectivity index (χ1v) is 12.9. The Morgan fingerprint density at radius 3 is 2.54 bits per heavy atom. The third-order valence-corrected chi connectivity index (χ3v) is 7.21. The Kier molecular flexibility index (Phi) is 9.49. The average molecular weight is 508 g/mol. The van der Waals surface area contributed by atoms with E-state index >= 15 is 0 Å². The van der Waals surface area contributed by atoms with Gasteiger partial charge in [0.15, 0.2) is 0 Å². The Hall–Kier alpha value is -3.19. The van der Waals surface area contributed by atoms with Crippen LogP contribution in [-0.4, -0.2) is 49.8 Å². The zero-order valence-corrected chi connectivity index (χ0v) is 23.6. The quantitative estimate of drug-likeness (QED) is 0.580. The van der Waals surface area contributed by atoms with Crippen molar-refractivity contribution in [3.05, 3.63) is 62.6 Å². The second-order valence-corrected chi connectivity index (χ2v) is 9.75. The van der Waals surface area contributed by atoms with Gasteiger partial charge in [0.1, 0.15) is 12.6 Å². The number of benzene rings is 1. The summed E-state index contributed by atoms with van der Waals surface area (Å²) in [6.45, 7) is 16.2. The minimum Gasteiger partial charge on any atom is -0.483 e. The van der Waals surface area contributed by atoms with Crippen molar-refractivity contribution in [2.45, 2.75) is 60.1 Å². The van der Waals surface area contributed by atoms with Crippen LogP contribution in [0.5, 0.6) is 0 Å². The highest BCUT2D eigenvalue weighted by atomic mass is 16.5. The fourth-order valence-electron chi connectivity index (χ4n) is 5.10. The molecule has 0 radical (unpaired) electrons. The van der Waals surface area contributed by atoms with Gasteiger partial charge in [0.2, 0.25) is 11.8 Å². The minimum atomic E-state index is 0.00806. The summed E-state index contributed by atoms with van der Waals surface area (Å²) in [4.78, 5) is 21.7. The van der Waals surface area contributed by atoms with E-state index in [1.165, 1.54) is 16.7 Å². The van der Waals surface area contributed by atoms with Crippen LogP contribution >= 0.6 is 0 Å². The molecule has 1 unspecified atom stereocenters. The van der Waals surface area contributed by atoms with Gasteiger partial charge in [-0.05, 0) is 66.0 Å². The molecule has 2 aliphatic heterocycles. The summed E-state index contributed by atoms with van der Waals surface area (Å²) in [5.41, 5.74) is 8.83. The first kappa shape index (κ1) is 28.4. The molecule has 0 saturated heterocycles. The molecule has 0 bridgehead atoms. The number of hydrogen-bond donors (Lipinski definition) is 0. The van der Waals surface area contributed by atoms with Gasteiger partial charge in [-0.1, -0.05) is 45.6 Å². The Morgan fingerprint density at radius 1 is 1.22 bits per heavy atom. The van der Waals surface area contributed by atoms with E-state index in [0.717, 1.165) is 40.8 Å². The molecule has 7 heteroatoms. The van der Waals surface area contributed by atoms with Crippen LogP contribution in [0.1, 0.15) is 54.3 Å². The largest absolute Gasteiger partial charge is 0.483 e. The molecular weight excluding hydrogens is 466 g/mol. The number of aromatic nitrogens is 1. The minimum absolute atomic E-state index is 0.00806. The highest BCUT2D eigenvalue weighted by Gasteiger charge is 2.25. The molecule has 7 nitrogen and oxygen atoms in total. The summed E-state index contributed by atoms with van der Waals surface area (Å²) in [5, 5.41) is 0. The number of nitrogens with zero attached hydrogens (tertiary/aromatic N) is 3. The lowest BCUT2D eigenvalue weighted by Gasteiger charge is -2.24. The zero-order valence-electron chi connectivity index (χ0n) is 23.6. The van der Waals surface area contributed by atoms with Crippen molar-refractivity contribution >= 4 is 17.9 Å². The number of aliphatic imine (C=N–C) groups is 2. The number of fused-ring (bicyclic) bond motifs is 1. The van der Waals surface area contributed by atoms with Crippen LogP contribution in [0.2, 0.25) is 0 Å². The van der Waals surface area contributed by atoms with Crippen molar-refractivity contribution in [1.82, 2.24) is 4.57 Å². The third kappa shape index (κ3) is 5.72. The number of rotatable bonds is 4. The fraction of sp³-hybridized carbons (Fsp3) is 0.500. The van der Waals surface area contributed by atoms with Crippen LogP contribution < -0.4 is 5.56 Å². The number of methoxy groups -OCH3 is 2. The highest BCUT2D eigenvalue weighted by Crippen LogP contribution is 2.33. The molecule has 37 heavy (non-hydrogen) atoms. The monoisotopic (exact) mass is 507 g/mol. The van der Waals surface area contributed by atoms with Gasteiger partial charge in [0.05, 0.1) is 33.0 Å². The molecule has 0 amide bonds. The smallest absolute Gasteiger partial charge is 0.258 e. The number of aryl methyl sites for hydroxylation is 1. The Labute approximate surface area is 220 Å². The van der Waals surface area contributed by atoms with Gasteiger partial charge in [-0.25, -0.2) is 9.98 Å². The lowest BCUT2D eigenvalue weighted by molar-refractivity contribution is 0.110. The SMILES string of the molecule is C=Cc1c(C)c(-c2ccc(C)c3c2CCOC3)c(=O)n(C)c1CC.COC1=NC(C(C)C)C(OC)=NC1. The maximum Gasteiger partial charge on any atom is 0.258 e. The molecule has 0 saturated carbocycles. The first-order valence-electron chi connectivity index (χ1n) is 12.9. The van der Waals surface area contributed by atoms with E-state index in [4.69, 9.17) is 14.2 Å². The lowest BCUT2D eigenvalue weighted by Crippen LogP contribution is -2.32. The molecule has 0 spiro atoms. The van der Waals surface area contributed by atoms with Crippen molar-refractivity contribution < 1.29 is 14.2 Å². The second kappa shape index (κ2) is 12.4. The summed E-state index contributed by atoms with van der Waals surface area (Å²) < 4.78 is 17.6. The van der Waals surface area contributed by atoms with Crippen LogP contribution in [0.3, 0.4) is 0 Å². The predicted molar refractivity (Wildman–Crippen MR) is 152 cm³/mol. The molecule has 4 rings (SSSR count). The van der Waals surface area contributed by atoms with Gasteiger partial charge >= 0.3 is 0 Å². The topological polar surface area (TPSA) is 74.4 Å². The Balaban J connectivity index is 0.000000248. The standard InChI is InChI=1S/C21H25NO2.C9H16N2O2/c1-6-15-14(4)20(21(23)22(5)19(15)7-2)17-9-8-13(3)18-12-24-11-10-16(17)18;1-6(2)8-9(13-4)10-5-7(11-8)12-3/h6,8-9H,1,7,10-12H2,2-5H3;6,8H,5H2,1-4H3. The van der Waals surface area contributed by atoms with E-state index in [1.54, 1.807) is 18.8 Å². The molecular formula is C30H41N3O4. The summed E-state index contributed by atoms with van der Waals surface area (Å²) >= 11 is 0. The molecule has 0 N–H and O–H groups in total. The lowest BCUT2D eigenvalue weighted by atomic mass is 9.87. The van der Waals surface area contributed by atoms with E-state index in [9.17, 15) is 4.79 Å². The number of pyridine rings is 1. The molecule has 200 valence electrons. The maximum atomic E-state index is 13.1. The van der Waals surface area contributed by atoms with Gasteiger partial charge in [-0.3, -0.25) is 4.79 Å². The maximum absolute atomic E-state index is 13.1. The van der Waals surface area contributed by atoms with Gasteiger partial charge in [-0.2, -0.15) is 0 Å². The molecule has 3 heterocycles. The van der Waals surface area contributed by atoms with Crippen LogP contribution in [-0.2, 0) is 40.7 Å². The average Bonchev–Trinajstić information content (AvgIpc) is 2.91. The molecule has 0 fully saturated rings. The second-order valence-electron chi connectivity index (χ2n) is 9.75. The molecule has 1 atom stereocenters. The normalized spacial score (nSPS) is 16.7. The van der Waals surface area contributed by atoms with Crippen molar-refractivity contribution in [3.8, 4) is 11.1 Å². The predicted octanol–water partition coefficient (Wildman–Crippen LogP) is 5.06. The van der Waals surface area contributed by atoms with Crippen LogP contribution in [0.25, 0.3) is 17.2 Å². The highest BCUT2D eigenvalue weighted by molar-refractivity contribution is 5.92. The molecule has 1 aromatic carbocycles. The summed E-state index contributed by atoms with van der Waals surface area (Å²) in [6.07, 6.45) is 3.54. The van der Waals surface area contributed by atoms with E-state index in [1.807, 2.05) is 20.0 Å². The fourth-order valence-corrected chi connectivity index (χ4v) is 5.10. The van der Waals surface area contributed by atoms with Crippen LogP contribution in [0.4, 0.5) is 0 Å². The van der Waals surface area contributed by atoms with Crippen molar-refractivity contribution in [2.75, 3.05) is 27.4 Å². The van der Waals surface area contributed by atoms with Crippen molar-refractivity contribution in [1.29, 1.82) is 0 Å². The van der Waals surface area contributed by atoms with Gasteiger partial charge < -0.3 is 18.8 Å². The summed E-state index contributed by atoms with van der Waals surface area (Å²) in [5.74, 6) is 1.76. The van der Waals surface area contributed by atoms with E-state index in [0.29, 0.717) is 37.5 Å². The van der Waals surface area contributed by atoms with Gasteiger partial charge in [-0.15, -0.1) is 0 Å². The Morgan fingerprint density at radius 2 is 1.95 bits per heavy atom. The van der Waals surface area contributed by atoms with Crippen LogP contribution in [0, 0.1) is 19.8 Å². The van der Waals surface area contributed by atoms with E-state index in [2.05, 4.69) is 56.4 Å². The molecule has 0 aliphatic carbocycles. The molecule has 2 aliphatic rings. The van der Waals surface area contributed by atoms with Crippen LogP contribution in [0.15, 0.2) is 33.5 Å². The van der Waals surface area contributed by atoms with E-state index < -0.39 is 0 Å². The third-order valence-electron chi connectivity index (χ3n) is 7.21. The number of hydrogen-bond acceptors (Lipinski definition) is 6. The Bertz CT molecular complexity index is 1270. The van der Waals surface area contributed by atoms with Crippen molar-refractivity contribution in [3.63, 3.8) is 0 Å².